The molecule has 0 aliphatic rings. The maximum Gasteiger partial charge on any atom is 0.0562 e. The molecule has 0 saturated heterocycles. The monoisotopic (exact) mass is 239 g/mol. The molecule has 0 amide bonds. The highest BCUT2D eigenvalue weighted by atomic mass is 32.2. The largest absolute Gasteiger partial charge is 0.312 e. The zero-order valence-electron chi connectivity index (χ0n) is 10.4. The Morgan fingerprint density at radius 3 is 2.12 bits per heavy atom. The molecular weight excluding hydrogens is 218 g/mol. The van der Waals surface area contributed by atoms with Crippen molar-refractivity contribution in [2.45, 2.75) is 25.1 Å². The van der Waals surface area contributed by atoms with E-state index in [-0.39, 0.29) is 11.3 Å². The molecule has 3 atom stereocenters. The molecule has 0 heterocycles. The summed E-state index contributed by atoms with van der Waals surface area (Å²) in [6.45, 7) is 4.25. The standard InChI is InChI=1S/C13H21NOS/c1-10(2)13(16(4)15)12(14-3)11-8-6-5-7-9-11/h5-10,12-14H,1-4H3. The fraction of sp³-hybridized carbons (Fsp3) is 0.538. The lowest BCUT2D eigenvalue weighted by Gasteiger charge is -2.28. The van der Waals surface area contributed by atoms with Crippen LogP contribution in [0.2, 0.25) is 0 Å². The van der Waals surface area contributed by atoms with Crippen molar-refractivity contribution >= 4 is 10.8 Å². The van der Waals surface area contributed by atoms with Crippen molar-refractivity contribution in [3.8, 4) is 0 Å². The van der Waals surface area contributed by atoms with Crippen molar-refractivity contribution in [1.82, 2.24) is 5.32 Å². The molecule has 1 N–H and O–H groups in total. The second-order valence-corrected chi connectivity index (χ2v) is 5.93. The molecule has 90 valence electrons. The van der Waals surface area contributed by atoms with E-state index in [0.29, 0.717) is 5.92 Å². The number of hydrogen-bond donors (Lipinski definition) is 1. The van der Waals surface area contributed by atoms with Gasteiger partial charge in [-0.15, -0.1) is 0 Å². The maximum absolute atomic E-state index is 11.8. The molecule has 0 spiro atoms. The average Bonchev–Trinajstić information content (AvgIpc) is 2.25. The van der Waals surface area contributed by atoms with E-state index in [1.807, 2.05) is 25.2 Å². The van der Waals surface area contributed by atoms with Gasteiger partial charge in [0.2, 0.25) is 0 Å². The number of benzene rings is 1. The summed E-state index contributed by atoms with van der Waals surface area (Å²) in [7, 11) is 1.10. The minimum Gasteiger partial charge on any atom is -0.312 e. The van der Waals surface area contributed by atoms with Crippen molar-refractivity contribution in [1.29, 1.82) is 0 Å². The molecule has 2 nitrogen and oxygen atoms in total. The first-order valence-corrected chi connectivity index (χ1v) is 7.24. The minimum absolute atomic E-state index is 0.146. The van der Waals surface area contributed by atoms with E-state index >= 15 is 0 Å². The topological polar surface area (TPSA) is 29.1 Å². The quantitative estimate of drug-likeness (QED) is 0.854. The van der Waals surface area contributed by atoms with Gasteiger partial charge >= 0.3 is 0 Å². The predicted molar refractivity (Wildman–Crippen MR) is 70.9 cm³/mol. The molecule has 16 heavy (non-hydrogen) atoms. The van der Waals surface area contributed by atoms with Crippen LogP contribution in [0.15, 0.2) is 30.3 Å². The van der Waals surface area contributed by atoms with Crippen LogP contribution in [0.5, 0.6) is 0 Å². The van der Waals surface area contributed by atoms with Crippen molar-refractivity contribution in [3.63, 3.8) is 0 Å². The first-order valence-electron chi connectivity index (χ1n) is 5.62. The van der Waals surface area contributed by atoms with E-state index in [1.165, 1.54) is 5.56 Å². The Bertz CT molecular complexity index is 337. The fourth-order valence-corrected chi connectivity index (χ4v) is 3.58. The van der Waals surface area contributed by atoms with Gasteiger partial charge in [-0.3, -0.25) is 4.21 Å². The molecule has 1 aromatic carbocycles. The van der Waals surface area contributed by atoms with Crippen LogP contribution in [-0.2, 0) is 10.8 Å². The lowest BCUT2D eigenvalue weighted by molar-refractivity contribution is 0.462. The zero-order chi connectivity index (χ0) is 12.1. The smallest absolute Gasteiger partial charge is 0.0562 e. The maximum atomic E-state index is 11.8. The number of hydrogen-bond acceptors (Lipinski definition) is 2. The molecule has 0 aromatic heterocycles. The third kappa shape index (κ3) is 3.16. The molecule has 1 rings (SSSR count). The first-order chi connectivity index (χ1) is 7.57. The zero-order valence-corrected chi connectivity index (χ0v) is 11.3. The van der Waals surface area contributed by atoms with E-state index in [1.54, 1.807) is 6.26 Å². The van der Waals surface area contributed by atoms with Crippen LogP contribution in [0, 0.1) is 5.92 Å². The second-order valence-electron chi connectivity index (χ2n) is 4.38. The highest BCUT2D eigenvalue weighted by Crippen LogP contribution is 2.25. The van der Waals surface area contributed by atoms with E-state index in [4.69, 9.17) is 0 Å². The summed E-state index contributed by atoms with van der Waals surface area (Å²) in [5.74, 6) is 0.392. The Kier molecular flexibility index (Phi) is 5.16. The van der Waals surface area contributed by atoms with Crippen LogP contribution in [0.3, 0.4) is 0 Å². The number of nitrogens with one attached hydrogen (secondary N) is 1. The van der Waals surface area contributed by atoms with Gasteiger partial charge in [0.1, 0.15) is 0 Å². The van der Waals surface area contributed by atoms with Gasteiger partial charge in [-0.2, -0.15) is 0 Å². The van der Waals surface area contributed by atoms with Crippen LogP contribution in [0.1, 0.15) is 25.5 Å². The third-order valence-electron chi connectivity index (χ3n) is 2.84. The van der Waals surface area contributed by atoms with Gasteiger partial charge in [-0.25, -0.2) is 0 Å². The van der Waals surface area contributed by atoms with Crippen LogP contribution in [0.25, 0.3) is 0 Å². The molecule has 0 aliphatic carbocycles. The molecular formula is C13H21NOS. The summed E-state index contributed by atoms with van der Waals surface area (Å²) in [6, 6.07) is 10.4. The van der Waals surface area contributed by atoms with Gasteiger partial charge < -0.3 is 5.32 Å². The Balaban J connectivity index is 3.00. The summed E-state index contributed by atoms with van der Waals surface area (Å²) in [4.78, 5) is 0. The Hall–Kier alpha value is -0.670. The average molecular weight is 239 g/mol. The van der Waals surface area contributed by atoms with Gasteiger partial charge in [0.05, 0.1) is 5.25 Å². The van der Waals surface area contributed by atoms with Crippen LogP contribution in [-0.4, -0.2) is 22.8 Å². The van der Waals surface area contributed by atoms with Gasteiger partial charge in [0.25, 0.3) is 0 Å². The Labute approximate surface area is 101 Å². The molecule has 1 aromatic rings. The second kappa shape index (κ2) is 6.16. The fourth-order valence-electron chi connectivity index (χ4n) is 2.14. The van der Waals surface area contributed by atoms with Gasteiger partial charge in [0, 0.05) is 23.1 Å². The van der Waals surface area contributed by atoms with E-state index in [9.17, 15) is 4.21 Å². The molecule has 0 bridgehead atoms. The molecule has 0 radical (unpaired) electrons. The normalized spacial score (nSPS) is 17.1. The molecule has 3 heteroatoms. The van der Waals surface area contributed by atoms with Crippen molar-refractivity contribution in [3.05, 3.63) is 35.9 Å². The molecule has 0 fully saturated rings. The number of rotatable bonds is 5. The van der Waals surface area contributed by atoms with Gasteiger partial charge in [-0.1, -0.05) is 44.2 Å². The highest BCUT2D eigenvalue weighted by Gasteiger charge is 2.27. The summed E-state index contributed by atoms with van der Waals surface area (Å²) in [5.41, 5.74) is 1.21. The van der Waals surface area contributed by atoms with Gasteiger partial charge in [-0.05, 0) is 18.5 Å². The van der Waals surface area contributed by atoms with Gasteiger partial charge in [0.15, 0.2) is 0 Å². The van der Waals surface area contributed by atoms with Crippen molar-refractivity contribution < 1.29 is 4.21 Å². The molecule has 0 saturated carbocycles. The lowest BCUT2D eigenvalue weighted by atomic mass is 9.96. The molecule has 0 aliphatic heterocycles. The summed E-state index contributed by atoms with van der Waals surface area (Å²) in [5, 5.41) is 3.43. The summed E-state index contributed by atoms with van der Waals surface area (Å²) >= 11 is 0. The van der Waals surface area contributed by atoms with Crippen LogP contribution in [0.4, 0.5) is 0 Å². The van der Waals surface area contributed by atoms with E-state index < -0.39 is 10.8 Å². The lowest BCUT2D eigenvalue weighted by Crippen LogP contribution is -2.36. The van der Waals surface area contributed by atoms with Crippen molar-refractivity contribution in [2.75, 3.05) is 13.3 Å². The highest BCUT2D eigenvalue weighted by molar-refractivity contribution is 7.85. The SMILES string of the molecule is CNC(c1ccccc1)C(C(C)C)S(C)=O. The summed E-state index contributed by atoms with van der Waals surface area (Å²) < 4.78 is 11.8. The van der Waals surface area contributed by atoms with Crippen LogP contribution < -0.4 is 5.32 Å². The minimum atomic E-state index is -0.826. The van der Waals surface area contributed by atoms with Crippen LogP contribution >= 0.6 is 0 Å². The van der Waals surface area contributed by atoms with E-state index in [0.717, 1.165) is 0 Å². The Morgan fingerprint density at radius 2 is 1.75 bits per heavy atom. The van der Waals surface area contributed by atoms with Crippen molar-refractivity contribution in [2.24, 2.45) is 5.92 Å². The molecule has 3 unspecified atom stereocenters. The third-order valence-corrected chi connectivity index (χ3v) is 4.42. The van der Waals surface area contributed by atoms with E-state index in [2.05, 4.69) is 31.3 Å². The Morgan fingerprint density at radius 1 is 1.19 bits per heavy atom. The summed E-state index contributed by atoms with van der Waals surface area (Å²) in [6.07, 6.45) is 1.79. The first kappa shape index (κ1) is 13.4. The predicted octanol–water partition coefficient (Wildman–Crippen LogP) is 2.35.